The second kappa shape index (κ2) is 5.44. The number of nitrogens with zero attached hydrogens (tertiary/aromatic N) is 4. The molecule has 7 nitrogen and oxygen atoms in total. The zero-order chi connectivity index (χ0) is 15.7. The number of anilines is 1. The number of nitrogens with one attached hydrogen (secondary N) is 1. The Labute approximate surface area is 127 Å². The first kappa shape index (κ1) is 14.0. The van der Waals surface area contributed by atoms with E-state index in [0.29, 0.717) is 11.6 Å². The third-order valence-corrected chi connectivity index (χ3v) is 3.28. The van der Waals surface area contributed by atoms with Crippen molar-refractivity contribution in [3.8, 4) is 11.5 Å². The van der Waals surface area contributed by atoms with Crippen LogP contribution in [0.4, 0.5) is 6.01 Å². The van der Waals surface area contributed by atoms with Crippen LogP contribution in [-0.2, 0) is 7.05 Å². The number of rotatable bonds is 3. The number of hydrogen-bond donors (Lipinski definition) is 1. The topological polar surface area (TPSA) is 85.8 Å². The molecule has 2 aromatic heterocycles. The Morgan fingerprint density at radius 2 is 1.91 bits per heavy atom. The standard InChI is InChI=1S/C15H15N5O2/c1-9-4-6-11(7-5-9)14-18-19-15(22-14)17-13(21)12-10(2)8-16-20(12)3/h4-8H,1-3H3,(H,17,19,21). The summed E-state index contributed by atoms with van der Waals surface area (Å²) in [6.45, 7) is 3.81. The fourth-order valence-corrected chi connectivity index (χ4v) is 2.12. The van der Waals surface area contributed by atoms with Crippen molar-refractivity contribution in [3.63, 3.8) is 0 Å². The lowest BCUT2D eigenvalue weighted by atomic mass is 10.1. The zero-order valence-electron chi connectivity index (χ0n) is 12.5. The van der Waals surface area contributed by atoms with Crippen molar-refractivity contribution in [1.29, 1.82) is 0 Å². The predicted molar refractivity (Wildman–Crippen MR) is 80.4 cm³/mol. The number of carbonyl (C=O) groups is 1. The molecule has 22 heavy (non-hydrogen) atoms. The maximum atomic E-state index is 12.2. The summed E-state index contributed by atoms with van der Waals surface area (Å²) >= 11 is 0. The molecule has 0 unspecified atom stereocenters. The smallest absolute Gasteiger partial charge is 0.322 e. The van der Waals surface area contributed by atoms with Crippen LogP contribution in [0.25, 0.3) is 11.5 Å². The van der Waals surface area contributed by atoms with E-state index in [-0.39, 0.29) is 11.9 Å². The molecule has 1 N–H and O–H groups in total. The van der Waals surface area contributed by atoms with E-state index >= 15 is 0 Å². The molecule has 0 aliphatic carbocycles. The summed E-state index contributed by atoms with van der Waals surface area (Å²) in [5.41, 5.74) is 3.17. The minimum atomic E-state index is -0.336. The molecule has 2 heterocycles. The van der Waals surface area contributed by atoms with E-state index in [4.69, 9.17) is 4.42 Å². The number of carbonyl (C=O) groups excluding carboxylic acids is 1. The molecular weight excluding hydrogens is 282 g/mol. The molecule has 7 heteroatoms. The molecular formula is C15H15N5O2. The minimum absolute atomic E-state index is 0.0566. The lowest BCUT2D eigenvalue weighted by molar-refractivity contribution is 0.101. The Balaban J connectivity index is 1.80. The highest BCUT2D eigenvalue weighted by molar-refractivity contribution is 6.02. The molecule has 112 valence electrons. The quantitative estimate of drug-likeness (QED) is 0.802. The molecule has 0 saturated heterocycles. The van der Waals surface area contributed by atoms with Crippen LogP contribution in [0.2, 0.25) is 0 Å². The summed E-state index contributed by atoms with van der Waals surface area (Å²) < 4.78 is 6.98. The van der Waals surface area contributed by atoms with Crippen molar-refractivity contribution >= 4 is 11.9 Å². The average Bonchev–Trinajstić information content (AvgIpc) is 3.07. The molecule has 3 aromatic rings. The number of aryl methyl sites for hydroxylation is 3. The van der Waals surface area contributed by atoms with Crippen LogP contribution in [0.1, 0.15) is 21.6 Å². The van der Waals surface area contributed by atoms with Gasteiger partial charge >= 0.3 is 6.01 Å². The van der Waals surface area contributed by atoms with Gasteiger partial charge in [-0.05, 0) is 31.5 Å². The molecule has 0 atom stereocenters. The molecule has 0 bridgehead atoms. The number of hydrogen-bond acceptors (Lipinski definition) is 5. The second-order valence-corrected chi connectivity index (χ2v) is 5.03. The highest BCUT2D eigenvalue weighted by Gasteiger charge is 2.17. The first-order valence-electron chi connectivity index (χ1n) is 6.75. The van der Waals surface area contributed by atoms with Crippen LogP contribution in [0.15, 0.2) is 34.9 Å². The van der Waals surface area contributed by atoms with Crippen LogP contribution in [0.3, 0.4) is 0 Å². The van der Waals surface area contributed by atoms with Gasteiger partial charge < -0.3 is 4.42 Å². The molecule has 0 fully saturated rings. The summed E-state index contributed by atoms with van der Waals surface area (Å²) in [5.74, 6) is 0.0219. The SMILES string of the molecule is Cc1ccc(-c2nnc(NC(=O)c3c(C)cnn3C)o2)cc1. The highest BCUT2D eigenvalue weighted by atomic mass is 16.4. The van der Waals surface area contributed by atoms with E-state index < -0.39 is 0 Å². The van der Waals surface area contributed by atoms with Gasteiger partial charge in [-0.3, -0.25) is 14.8 Å². The van der Waals surface area contributed by atoms with Gasteiger partial charge in [0.25, 0.3) is 5.91 Å². The van der Waals surface area contributed by atoms with Crippen molar-refractivity contribution in [2.45, 2.75) is 13.8 Å². The van der Waals surface area contributed by atoms with Crippen LogP contribution in [-0.4, -0.2) is 25.9 Å². The molecule has 0 aliphatic rings. The maximum absolute atomic E-state index is 12.2. The summed E-state index contributed by atoms with van der Waals surface area (Å²) in [6, 6.07) is 7.74. The van der Waals surface area contributed by atoms with E-state index in [1.807, 2.05) is 38.1 Å². The highest BCUT2D eigenvalue weighted by Crippen LogP contribution is 2.20. The Morgan fingerprint density at radius 3 is 2.55 bits per heavy atom. The van der Waals surface area contributed by atoms with Gasteiger partial charge in [0.2, 0.25) is 5.89 Å². The van der Waals surface area contributed by atoms with Crippen molar-refractivity contribution in [2.75, 3.05) is 5.32 Å². The monoisotopic (exact) mass is 297 g/mol. The van der Waals surface area contributed by atoms with E-state index in [0.717, 1.165) is 16.7 Å². The van der Waals surface area contributed by atoms with Gasteiger partial charge in [-0.1, -0.05) is 22.8 Å². The molecule has 1 amide bonds. The summed E-state index contributed by atoms with van der Waals surface area (Å²) in [7, 11) is 1.70. The summed E-state index contributed by atoms with van der Waals surface area (Å²) in [5, 5.41) is 14.4. The van der Waals surface area contributed by atoms with Gasteiger partial charge in [0.15, 0.2) is 0 Å². The predicted octanol–water partition coefficient (Wildman–Crippen LogP) is 2.34. The van der Waals surface area contributed by atoms with E-state index in [9.17, 15) is 4.79 Å². The van der Waals surface area contributed by atoms with Crippen LogP contribution < -0.4 is 5.32 Å². The van der Waals surface area contributed by atoms with Gasteiger partial charge in [0, 0.05) is 12.6 Å². The van der Waals surface area contributed by atoms with Crippen molar-refractivity contribution < 1.29 is 9.21 Å². The number of amides is 1. The largest absolute Gasteiger partial charge is 0.403 e. The second-order valence-electron chi connectivity index (χ2n) is 5.03. The van der Waals surface area contributed by atoms with Crippen LogP contribution in [0, 0.1) is 13.8 Å². The number of benzene rings is 1. The van der Waals surface area contributed by atoms with E-state index in [1.54, 1.807) is 13.2 Å². The average molecular weight is 297 g/mol. The Hall–Kier alpha value is -2.96. The first-order valence-corrected chi connectivity index (χ1v) is 6.75. The number of aromatic nitrogens is 4. The molecule has 0 radical (unpaired) electrons. The van der Waals surface area contributed by atoms with Crippen molar-refractivity contribution in [1.82, 2.24) is 20.0 Å². The van der Waals surface area contributed by atoms with Gasteiger partial charge in [-0.15, -0.1) is 5.10 Å². The minimum Gasteiger partial charge on any atom is -0.403 e. The van der Waals surface area contributed by atoms with Crippen LogP contribution >= 0.6 is 0 Å². The Bertz CT molecular complexity index is 797. The first-order chi connectivity index (χ1) is 10.5. The molecule has 3 rings (SSSR count). The molecule has 1 aromatic carbocycles. The Kier molecular flexibility index (Phi) is 3.46. The molecule has 0 aliphatic heterocycles. The van der Waals surface area contributed by atoms with Crippen molar-refractivity contribution in [2.24, 2.45) is 7.05 Å². The normalized spacial score (nSPS) is 10.7. The van der Waals surface area contributed by atoms with E-state index in [1.165, 1.54) is 4.68 Å². The molecule has 0 saturated carbocycles. The third kappa shape index (κ3) is 2.60. The third-order valence-electron chi connectivity index (χ3n) is 3.28. The van der Waals surface area contributed by atoms with Gasteiger partial charge in [-0.25, -0.2) is 0 Å². The summed E-state index contributed by atoms with van der Waals surface area (Å²) in [6.07, 6.45) is 1.63. The van der Waals surface area contributed by atoms with Crippen molar-refractivity contribution in [3.05, 3.63) is 47.3 Å². The Morgan fingerprint density at radius 1 is 1.18 bits per heavy atom. The van der Waals surface area contributed by atoms with E-state index in [2.05, 4.69) is 20.6 Å². The molecule has 0 spiro atoms. The fourth-order valence-electron chi connectivity index (χ4n) is 2.12. The van der Waals surface area contributed by atoms with Gasteiger partial charge in [0.05, 0.1) is 6.20 Å². The van der Waals surface area contributed by atoms with Crippen LogP contribution in [0.5, 0.6) is 0 Å². The fraction of sp³-hybridized carbons (Fsp3) is 0.200. The lowest BCUT2D eigenvalue weighted by Gasteiger charge is -2.02. The lowest BCUT2D eigenvalue weighted by Crippen LogP contribution is -2.17. The maximum Gasteiger partial charge on any atom is 0.322 e. The summed E-state index contributed by atoms with van der Waals surface area (Å²) in [4.78, 5) is 12.2. The van der Waals surface area contributed by atoms with Gasteiger partial charge in [-0.2, -0.15) is 5.10 Å². The zero-order valence-corrected chi connectivity index (χ0v) is 12.5. The van der Waals surface area contributed by atoms with Gasteiger partial charge in [0.1, 0.15) is 5.69 Å².